The molecule has 3 atom stereocenters. The third kappa shape index (κ3) is 4.52. The van der Waals surface area contributed by atoms with Crippen LogP contribution in [0.4, 0.5) is 0 Å². The molecule has 1 radical (unpaired) electrons. The number of rotatable bonds is 6. The Labute approximate surface area is 110 Å². The Bertz CT molecular complexity index is 359. The van der Waals surface area contributed by atoms with Gasteiger partial charge in [0, 0.05) is 6.92 Å². The zero-order chi connectivity index (χ0) is 13.5. The molecule has 0 aromatic heterocycles. The molecular weight excluding hydrogens is 224 g/mol. The second-order valence-electron chi connectivity index (χ2n) is 5.01. The second-order valence-corrected chi connectivity index (χ2v) is 5.01. The highest BCUT2D eigenvalue weighted by molar-refractivity contribution is 5.66. The first-order valence-electron chi connectivity index (χ1n) is 6.55. The maximum Gasteiger partial charge on any atom is 0.302 e. The molecular formula is C16H23O2. The largest absolute Gasteiger partial charge is 0.462 e. The smallest absolute Gasteiger partial charge is 0.302 e. The first-order valence-corrected chi connectivity index (χ1v) is 6.55. The molecule has 0 aliphatic rings. The van der Waals surface area contributed by atoms with Gasteiger partial charge in [-0.15, -0.1) is 0 Å². The van der Waals surface area contributed by atoms with Gasteiger partial charge < -0.3 is 4.74 Å². The zero-order valence-electron chi connectivity index (χ0n) is 11.6. The van der Waals surface area contributed by atoms with Crippen molar-refractivity contribution in [1.29, 1.82) is 0 Å². The molecule has 0 bridgehead atoms. The van der Waals surface area contributed by atoms with E-state index in [0.717, 1.165) is 12.8 Å². The van der Waals surface area contributed by atoms with Gasteiger partial charge in [0.2, 0.25) is 0 Å². The lowest BCUT2D eigenvalue weighted by molar-refractivity contribution is -0.151. The Morgan fingerprint density at radius 2 is 1.83 bits per heavy atom. The molecule has 0 aliphatic heterocycles. The van der Waals surface area contributed by atoms with Crippen LogP contribution in [0.3, 0.4) is 0 Å². The van der Waals surface area contributed by atoms with Crippen molar-refractivity contribution in [1.82, 2.24) is 0 Å². The summed E-state index contributed by atoms with van der Waals surface area (Å²) in [5.41, 5.74) is 1.28. The summed E-state index contributed by atoms with van der Waals surface area (Å²) in [5, 5.41) is 0. The Hall–Kier alpha value is -1.31. The molecule has 3 unspecified atom stereocenters. The standard InChI is InChI=1S/C16H23O2/c1-5-12(2)16(18-14(4)17)13(3)11-15-9-7-6-8-10-15/h6-10,12-13,16H,1,5,11H2,2-4H3. The van der Waals surface area contributed by atoms with Crippen LogP contribution in [0.15, 0.2) is 30.3 Å². The highest BCUT2D eigenvalue weighted by Gasteiger charge is 2.25. The fourth-order valence-corrected chi connectivity index (χ4v) is 2.25. The molecule has 2 nitrogen and oxygen atoms in total. The van der Waals surface area contributed by atoms with E-state index in [9.17, 15) is 4.79 Å². The predicted molar refractivity (Wildman–Crippen MR) is 74.0 cm³/mol. The van der Waals surface area contributed by atoms with Crippen LogP contribution < -0.4 is 0 Å². The maximum absolute atomic E-state index is 11.2. The van der Waals surface area contributed by atoms with Gasteiger partial charge in [0.25, 0.3) is 0 Å². The molecule has 0 heterocycles. The van der Waals surface area contributed by atoms with E-state index in [1.165, 1.54) is 12.5 Å². The van der Waals surface area contributed by atoms with Crippen LogP contribution in [0.2, 0.25) is 0 Å². The highest BCUT2D eigenvalue weighted by atomic mass is 16.5. The van der Waals surface area contributed by atoms with Gasteiger partial charge in [-0.1, -0.05) is 51.1 Å². The van der Waals surface area contributed by atoms with Crippen LogP contribution in [0.5, 0.6) is 0 Å². The number of esters is 1. The van der Waals surface area contributed by atoms with Crippen LogP contribution in [0.1, 0.15) is 32.8 Å². The second kappa shape index (κ2) is 7.20. The van der Waals surface area contributed by atoms with Crippen molar-refractivity contribution in [3.8, 4) is 0 Å². The van der Waals surface area contributed by atoms with Crippen LogP contribution in [0, 0.1) is 18.8 Å². The van der Waals surface area contributed by atoms with Crippen molar-refractivity contribution >= 4 is 5.97 Å². The number of carbonyl (C=O) groups excluding carboxylic acids is 1. The van der Waals surface area contributed by atoms with Crippen LogP contribution in [-0.4, -0.2) is 12.1 Å². The van der Waals surface area contributed by atoms with Crippen molar-refractivity contribution in [2.24, 2.45) is 11.8 Å². The quantitative estimate of drug-likeness (QED) is 0.717. The fraction of sp³-hybridized carbons (Fsp3) is 0.500. The van der Waals surface area contributed by atoms with Gasteiger partial charge in [-0.2, -0.15) is 0 Å². The topological polar surface area (TPSA) is 26.3 Å². The summed E-state index contributed by atoms with van der Waals surface area (Å²) in [6.07, 6.45) is 1.64. The van der Waals surface area contributed by atoms with Crippen molar-refractivity contribution in [3.05, 3.63) is 42.8 Å². The Morgan fingerprint density at radius 3 is 2.33 bits per heavy atom. The van der Waals surface area contributed by atoms with Gasteiger partial charge in [0.05, 0.1) is 0 Å². The summed E-state index contributed by atoms with van der Waals surface area (Å²) in [4.78, 5) is 11.2. The van der Waals surface area contributed by atoms with Crippen molar-refractivity contribution < 1.29 is 9.53 Å². The Balaban J connectivity index is 2.69. The van der Waals surface area contributed by atoms with E-state index in [1.54, 1.807) is 0 Å². The minimum absolute atomic E-state index is 0.0554. The van der Waals surface area contributed by atoms with E-state index in [2.05, 4.69) is 32.9 Å². The maximum atomic E-state index is 11.2. The summed E-state index contributed by atoms with van der Waals surface area (Å²) >= 11 is 0. The highest BCUT2D eigenvalue weighted by Crippen LogP contribution is 2.23. The summed E-state index contributed by atoms with van der Waals surface area (Å²) < 4.78 is 5.46. The van der Waals surface area contributed by atoms with Gasteiger partial charge in [-0.05, 0) is 30.2 Å². The average molecular weight is 247 g/mol. The van der Waals surface area contributed by atoms with Gasteiger partial charge in [0.15, 0.2) is 0 Å². The molecule has 1 aromatic rings. The summed E-state index contributed by atoms with van der Waals surface area (Å²) in [6, 6.07) is 10.3. The van der Waals surface area contributed by atoms with Gasteiger partial charge >= 0.3 is 5.97 Å². The van der Waals surface area contributed by atoms with Crippen LogP contribution in [0.25, 0.3) is 0 Å². The molecule has 2 heteroatoms. The molecule has 0 aliphatic carbocycles. The van der Waals surface area contributed by atoms with Crippen molar-refractivity contribution in [3.63, 3.8) is 0 Å². The van der Waals surface area contributed by atoms with Gasteiger partial charge in [-0.3, -0.25) is 4.79 Å². The van der Waals surface area contributed by atoms with E-state index in [0.29, 0.717) is 5.92 Å². The number of hydrogen-bond acceptors (Lipinski definition) is 2. The third-order valence-corrected chi connectivity index (χ3v) is 3.28. The van der Waals surface area contributed by atoms with Gasteiger partial charge in [0.1, 0.15) is 6.10 Å². The number of hydrogen-bond donors (Lipinski definition) is 0. The van der Waals surface area contributed by atoms with E-state index in [4.69, 9.17) is 4.74 Å². The fourth-order valence-electron chi connectivity index (χ4n) is 2.25. The van der Waals surface area contributed by atoms with E-state index in [-0.39, 0.29) is 18.0 Å². The van der Waals surface area contributed by atoms with Crippen LogP contribution in [-0.2, 0) is 16.0 Å². The Kier molecular flexibility index (Phi) is 5.90. The average Bonchev–Trinajstić information content (AvgIpc) is 2.36. The lowest BCUT2D eigenvalue weighted by atomic mass is 9.87. The minimum Gasteiger partial charge on any atom is -0.462 e. The minimum atomic E-state index is -0.208. The third-order valence-electron chi connectivity index (χ3n) is 3.28. The lowest BCUT2D eigenvalue weighted by Gasteiger charge is -2.28. The van der Waals surface area contributed by atoms with E-state index in [1.807, 2.05) is 18.2 Å². The molecule has 0 spiro atoms. The molecule has 1 aromatic carbocycles. The molecule has 0 N–H and O–H groups in total. The number of benzene rings is 1. The van der Waals surface area contributed by atoms with E-state index < -0.39 is 0 Å². The summed E-state index contributed by atoms with van der Waals surface area (Å²) in [6.45, 7) is 9.60. The van der Waals surface area contributed by atoms with Crippen molar-refractivity contribution in [2.75, 3.05) is 0 Å². The SMILES string of the molecule is [CH2]CC(C)C(OC(C)=O)C(C)Cc1ccccc1. The van der Waals surface area contributed by atoms with Gasteiger partial charge in [-0.25, -0.2) is 0 Å². The normalized spacial score (nSPS) is 15.8. The number of carbonyl (C=O) groups is 1. The van der Waals surface area contributed by atoms with E-state index >= 15 is 0 Å². The molecule has 18 heavy (non-hydrogen) atoms. The molecule has 0 amide bonds. The summed E-state index contributed by atoms with van der Waals surface area (Å²) in [5.74, 6) is 0.376. The predicted octanol–water partition coefficient (Wildman–Crippen LogP) is 3.66. The lowest BCUT2D eigenvalue weighted by Crippen LogP contribution is -2.31. The van der Waals surface area contributed by atoms with Crippen molar-refractivity contribution in [2.45, 2.75) is 39.7 Å². The van der Waals surface area contributed by atoms with Crippen LogP contribution >= 0.6 is 0 Å². The zero-order valence-corrected chi connectivity index (χ0v) is 11.6. The molecule has 0 saturated heterocycles. The first kappa shape index (κ1) is 14.7. The molecule has 1 rings (SSSR count). The molecule has 0 saturated carbocycles. The Morgan fingerprint density at radius 1 is 1.22 bits per heavy atom. The summed E-state index contributed by atoms with van der Waals surface area (Å²) in [7, 11) is 0. The number of ether oxygens (including phenoxy) is 1. The first-order chi connectivity index (χ1) is 8.54. The molecule has 99 valence electrons. The molecule has 0 fully saturated rings. The monoisotopic (exact) mass is 247 g/mol.